The number of benzene rings is 4. The van der Waals surface area contributed by atoms with Crippen molar-refractivity contribution < 1.29 is 19.7 Å². The Hall–Kier alpha value is -5.18. The molecule has 0 aliphatic rings. The summed E-state index contributed by atoms with van der Waals surface area (Å²) in [6.07, 6.45) is 1.58. The maximum Gasteiger partial charge on any atom is 0.120 e. The fraction of sp³-hybridized carbons (Fsp3) is 0.167. The van der Waals surface area contributed by atoms with Crippen molar-refractivity contribution in [3.05, 3.63) is 131 Å². The molecule has 0 spiro atoms. The number of aryl methyl sites for hydroxylation is 2. The number of aliphatic hydroxyl groups is 2. The first-order valence-electron chi connectivity index (χ1n) is 14.3. The third kappa shape index (κ3) is 5.15. The van der Waals surface area contributed by atoms with Crippen LogP contribution < -0.4 is 9.47 Å². The smallest absolute Gasteiger partial charge is 0.120 e. The lowest BCUT2D eigenvalue weighted by molar-refractivity contribution is 0.211. The van der Waals surface area contributed by atoms with Gasteiger partial charge in [0.1, 0.15) is 23.7 Å². The molecule has 222 valence electrons. The average molecular weight is 587 g/mol. The van der Waals surface area contributed by atoms with Crippen LogP contribution in [0, 0.1) is 0 Å². The lowest BCUT2D eigenvalue weighted by Gasteiger charge is -2.15. The number of nitrogens with zero attached hydrogens (tertiary/aromatic N) is 4. The minimum absolute atomic E-state index is 0.705. The number of fused-ring (bicyclic) bond motifs is 2. The number of rotatable bonds is 9. The largest absolute Gasteiger partial charge is 0.497 e. The molecular weight excluding hydrogens is 552 g/mol. The Bertz CT molecular complexity index is 1840. The molecule has 0 bridgehead atoms. The maximum atomic E-state index is 11.5. The van der Waals surface area contributed by atoms with Gasteiger partial charge < -0.3 is 28.8 Å². The zero-order valence-corrected chi connectivity index (χ0v) is 25.0. The van der Waals surface area contributed by atoms with E-state index in [1.165, 1.54) is 0 Å². The molecule has 2 atom stereocenters. The molecule has 0 fully saturated rings. The predicted molar refractivity (Wildman–Crippen MR) is 175 cm³/mol. The van der Waals surface area contributed by atoms with Crippen molar-refractivity contribution in [1.82, 2.24) is 9.13 Å². The molecule has 0 aliphatic heterocycles. The molecule has 2 N–H and O–H groups in total. The fourth-order valence-electron chi connectivity index (χ4n) is 5.89. The van der Waals surface area contributed by atoms with Gasteiger partial charge in [-0.15, -0.1) is 0 Å². The number of ether oxygens (including phenoxy) is 2. The first kappa shape index (κ1) is 28.9. The van der Waals surface area contributed by atoms with Gasteiger partial charge in [0.25, 0.3) is 0 Å². The zero-order valence-electron chi connectivity index (χ0n) is 25.0. The van der Waals surface area contributed by atoms with E-state index in [0.717, 1.165) is 55.6 Å². The van der Waals surface area contributed by atoms with Crippen LogP contribution in [0.3, 0.4) is 0 Å². The molecule has 2 heterocycles. The zero-order chi connectivity index (χ0) is 30.8. The molecule has 0 aliphatic carbocycles. The lowest BCUT2D eigenvalue weighted by Crippen LogP contribution is -2.08. The van der Waals surface area contributed by atoms with Crippen LogP contribution in [0.1, 0.15) is 45.8 Å². The van der Waals surface area contributed by atoms with E-state index in [0.29, 0.717) is 11.4 Å². The van der Waals surface area contributed by atoms with E-state index in [9.17, 15) is 10.2 Å². The van der Waals surface area contributed by atoms with Gasteiger partial charge in [-0.1, -0.05) is 60.7 Å². The van der Waals surface area contributed by atoms with Crippen molar-refractivity contribution in [2.75, 3.05) is 14.2 Å². The Kier molecular flexibility index (Phi) is 8.02. The van der Waals surface area contributed by atoms with Gasteiger partial charge in [0.2, 0.25) is 0 Å². The second-order valence-electron chi connectivity index (χ2n) is 10.6. The molecule has 2 aromatic heterocycles. The summed E-state index contributed by atoms with van der Waals surface area (Å²) in [4.78, 5) is 0. The fourth-order valence-corrected chi connectivity index (χ4v) is 5.89. The summed E-state index contributed by atoms with van der Waals surface area (Å²) in [5.74, 6) is 1.44. The molecule has 6 rings (SSSR count). The van der Waals surface area contributed by atoms with Gasteiger partial charge in [-0.05, 0) is 47.5 Å². The van der Waals surface area contributed by atoms with Gasteiger partial charge in [0.15, 0.2) is 0 Å². The van der Waals surface area contributed by atoms with Crippen molar-refractivity contribution in [3.8, 4) is 11.5 Å². The molecular formula is C36H34N4O4. The molecule has 6 aromatic rings. The highest BCUT2D eigenvalue weighted by Gasteiger charge is 2.23. The van der Waals surface area contributed by atoms with E-state index in [2.05, 4.69) is 10.2 Å². The van der Waals surface area contributed by atoms with Crippen LogP contribution in [0.2, 0.25) is 0 Å². The van der Waals surface area contributed by atoms with Crippen molar-refractivity contribution in [3.63, 3.8) is 0 Å². The standard InChI is InChI=1S/C36H34N4O4/c1-39-31-11-7-5-9-27(31)29(33(39)35(41)23-13-17-25(43-3)18-14-23)21-37-38-22-30-28-10-6-8-12-32(28)40(2)34(30)36(42)24-15-19-26(44-4)20-16-24/h5-22,35-36,41-42H,1-4H3/b37-21+,38-22+. The van der Waals surface area contributed by atoms with E-state index in [4.69, 9.17) is 9.47 Å². The van der Waals surface area contributed by atoms with Gasteiger partial charge >= 0.3 is 0 Å². The van der Waals surface area contributed by atoms with Crippen LogP contribution in [-0.2, 0) is 14.1 Å². The van der Waals surface area contributed by atoms with E-state index in [1.54, 1.807) is 26.6 Å². The molecule has 8 heteroatoms. The minimum Gasteiger partial charge on any atom is -0.497 e. The first-order valence-corrected chi connectivity index (χ1v) is 14.3. The third-order valence-corrected chi connectivity index (χ3v) is 8.21. The van der Waals surface area contributed by atoms with Crippen LogP contribution in [0.25, 0.3) is 21.8 Å². The molecule has 4 aromatic carbocycles. The number of aromatic nitrogens is 2. The second-order valence-corrected chi connectivity index (χ2v) is 10.6. The van der Waals surface area contributed by atoms with Crippen molar-refractivity contribution in [2.24, 2.45) is 24.3 Å². The number of methoxy groups -OCH3 is 2. The Morgan fingerprint density at radius 2 is 0.932 bits per heavy atom. The summed E-state index contributed by atoms with van der Waals surface area (Å²) in [5.41, 5.74) is 6.39. The summed E-state index contributed by atoms with van der Waals surface area (Å²) in [5, 5.41) is 33.9. The normalized spacial score (nSPS) is 13.3. The molecule has 0 radical (unpaired) electrons. The quantitative estimate of drug-likeness (QED) is 0.154. The molecule has 44 heavy (non-hydrogen) atoms. The highest BCUT2D eigenvalue weighted by atomic mass is 16.5. The summed E-state index contributed by atoms with van der Waals surface area (Å²) in [7, 11) is 7.11. The highest BCUT2D eigenvalue weighted by molar-refractivity contribution is 6.03. The maximum absolute atomic E-state index is 11.5. The van der Waals surface area contributed by atoms with E-state index in [1.807, 2.05) is 120 Å². The van der Waals surface area contributed by atoms with Crippen LogP contribution >= 0.6 is 0 Å². The second kappa shape index (κ2) is 12.2. The van der Waals surface area contributed by atoms with Crippen LogP contribution in [0.15, 0.2) is 107 Å². The monoisotopic (exact) mass is 586 g/mol. The van der Waals surface area contributed by atoms with Crippen molar-refractivity contribution in [1.29, 1.82) is 0 Å². The Balaban J connectivity index is 1.40. The van der Waals surface area contributed by atoms with Gasteiger partial charge in [0, 0.05) is 47.0 Å². The first-order chi connectivity index (χ1) is 21.4. The number of hydrogen-bond acceptors (Lipinski definition) is 6. The van der Waals surface area contributed by atoms with E-state index >= 15 is 0 Å². The Labute approximate surface area is 255 Å². The van der Waals surface area contributed by atoms with E-state index < -0.39 is 12.2 Å². The number of hydrogen-bond donors (Lipinski definition) is 2. The average Bonchev–Trinajstić information content (AvgIpc) is 3.52. The summed E-state index contributed by atoms with van der Waals surface area (Å²) in [6, 6.07) is 30.7. The van der Waals surface area contributed by atoms with Gasteiger partial charge in [-0.3, -0.25) is 0 Å². The minimum atomic E-state index is -0.895. The summed E-state index contributed by atoms with van der Waals surface area (Å²) in [6.45, 7) is 0. The Morgan fingerprint density at radius 3 is 1.30 bits per heavy atom. The molecule has 8 nitrogen and oxygen atoms in total. The van der Waals surface area contributed by atoms with Crippen molar-refractivity contribution in [2.45, 2.75) is 12.2 Å². The van der Waals surface area contributed by atoms with E-state index in [-0.39, 0.29) is 0 Å². The summed E-state index contributed by atoms with van der Waals surface area (Å²) >= 11 is 0. The number of para-hydroxylation sites is 2. The van der Waals surface area contributed by atoms with Gasteiger partial charge in [-0.2, -0.15) is 10.2 Å². The lowest BCUT2D eigenvalue weighted by atomic mass is 10.0. The van der Waals surface area contributed by atoms with Crippen molar-refractivity contribution >= 4 is 34.2 Å². The molecule has 0 amide bonds. The van der Waals surface area contributed by atoms with Gasteiger partial charge in [0.05, 0.1) is 38.0 Å². The predicted octanol–water partition coefficient (Wildman–Crippen LogP) is 6.30. The highest BCUT2D eigenvalue weighted by Crippen LogP contribution is 2.34. The third-order valence-electron chi connectivity index (χ3n) is 8.21. The SMILES string of the molecule is COc1ccc(C(O)c2c(/C=N/N=C/c3c(C(O)c4ccc(OC)cc4)n(C)c4ccccc34)c3ccccc3n2C)cc1. The van der Waals surface area contributed by atoms with Crippen LogP contribution in [0.4, 0.5) is 0 Å². The molecule has 0 saturated heterocycles. The number of aliphatic hydroxyl groups excluding tert-OH is 2. The molecule has 2 unspecified atom stereocenters. The van der Waals surface area contributed by atoms with Gasteiger partial charge in [-0.25, -0.2) is 0 Å². The van der Waals surface area contributed by atoms with Crippen LogP contribution in [-0.4, -0.2) is 46.0 Å². The summed E-state index contributed by atoms with van der Waals surface area (Å²) < 4.78 is 14.6. The van der Waals surface area contributed by atoms with Crippen LogP contribution in [0.5, 0.6) is 11.5 Å². The molecule has 0 saturated carbocycles. The Morgan fingerprint density at radius 1 is 0.568 bits per heavy atom. The topological polar surface area (TPSA) is 93.5 Å².